The predicted molar refractivity (Wildman–Crippen MR) is 252 cm³/mol. The van der Waals surface area contributed by atoms with Crippen molar-refractivity contribution in [3.63, 3.8) is 0 Å². The summed E-state index contributed by atoms with van der Waals surface area (Å²) in [5.41, 5.74) is 7.94. The predicted octanol–water partition coefficient (Wildman–Crippen LogP) is 1.14. The number of aliphatic hydroxyl groups is 1. The molecule has 0 unspecified atom stereocenters. The average molecular weight is 984 g/mol. The van der Waals surface area contributed by atoms with Crippen LogP contribution in [-0.2, 0) is 63.7 Å². The molecular formula is C48H57N9O12S. The fourth-order valence-electron chi connectivity index (χ4n) is 8.49. The highest BCUT2D eigenvalue weighted by atomic mass is 32.2. The maximum atomic E-state index is 13.9. The second-order valence-electron chi connectivity index (χ2n) is 17.8. The number of aromatic nitrogens is 4. The first-order valence-corrected chi connectivity index (χ1v) is 25.1. The van der Waals surface area contributed by atoms with Gasteiger partial charge >= 0.3 is 5.97 Å². The highest BCUT2D eigenvalue weighted by Gasteiger charge is 2.45. The molecular weight excluding hydrogens is 927 g/mol. The summed E-state index contributed by atoms with van der Waals surface area (Å²) >= 11 is 0. The molecule has 1 aromatic carbocycles. The van der Waals surface area contributed by atoms with E-state index < -0.39 is 45.3 Å². The van der Waals surface area contributed by atoms with Crippen LogP contribution in [0.4, 0.5) is 0 Å². The summed E-state index contributed by atoms with van der Waals surface area (Å²) in [6.45, 7) is 5.59. The van der Waals surface area contributed by atoms with E-state index in [0.29, 0.717) is 85.5 Å². The molecule has 7 N–H and O–H groups in total. The van der Waals surface area contributed by atoms with Gasteiger partial charge in [-0.25, -0.2) is 28.2 Å². The molecule has 3 atom stereocenters. The van der Waals surface area contributed by atoms with Crippen molar-refractivity contribution in [2.75, 3.05) is 32.7 Å². The van der Waals surface area contributed by atoms with Gasteiger partial charge in [0.2, 0.25) is 45.4 Å². The number of aryl methyl sites for hydroxylation is 1. The Labute approximate surface area is 404 Å². The zero-order valence-corrected chi connectivity index (χ0v) is 40.3. The molecule has 4 amide bonds. The minimum absolute atomic E-state index is 0.0161. The van der Waals surface area contributed by atoms with Crippen LogP contribution in [0.1, 0.15) is 100.0 Å². The molecule has 0 saturated heterocycles. The van der Waals surface area contributed by atoms with Crippen LogP contribution in [0.25, 0.3) is 22.3 Å². The summed E-state index contributed by atoms with van der Waals surface area (Å²) in [4.78, 5) is 90.3. The molecule has 70 heavy (non-hydrogen) atoms. The third-order valence-corrected chi connectivity index (χ3v) is 13.3. The normalized spacial score (nSPS) is 16.2. The van der Waals surface area contributed by atoms with Crippen LogP contribution in [0.2, 0.25) is 0 Å². The van der Waals surface area contributed by atoms with Crippen LogP contribution < -0.4 is 42.0 Å². The third-order valence-electron chi connectivity index (χ3n) is 12.4. The van der Waals surface area contributed by atoms with Crippen LogP contribution in [-0.4, -0.2) is 107 Å². The number of fused-ring (bicyclic) bond motifs is 6. The Bertz CT molecular complexity index is 2950. The summed E-state index contributed by atoms with van der Waals surface area (Å²) < 4.78 is 41.1. The maximum absolute atomic E-state index is 13.9. The van der Waals surface area contributed by atoms with E-state index in [9.17, 15) is 42.3 Å². The van der Waals surface area contributed by atoms with E-state index in [4.69, 9.17) is 24.9 Å². The third kappa shape index (κ3) is 11.4. The van der Waals surface area contributed by atoms with Crippen molar-refractivity contribution in [2.24, 2.45) is 11.7 Å². The number of nitrogens with two attached hydrogens (primary N) is 1. The molecule has 0 saturated carbocycles. The molecule has 0 aliphatic carbocycles. The first-order valence-electron chi connectivity index (χ1n) is 23.2. The molecule has 7 rings (SSSR count). The molecule has 21 nitrogen and oxygen atoms in total. The number of unbranched alkanes of at least 4 members (excludes halogenated alkanes) is 2. The number of benzene rings is 1. The largest absolute Gasteiger partial charge is 0.458 e. The van der Waals surface area contributed by atoms with E-state index in [-0.39, 0.29) is 85.5 Å². The molecule has 22 heteroatoms. The van der Waals surface area contributed by atoms with Gasteiger partial charge in [-0.15, -0.1) is 0 Å². The number of amides is 4. The van der Waals surface area contributed by atoms with Crippen molar-refractivity contribution < 1.29 is 51.7 Å². The van der Waals surface area contributed by atoms with Gasteiger partial charge in [0.05, 0.1) is 47.2 Å². The first-order chi connectivity index (χ1) is 33.4. The molecule has 3 aromatic heterocycles. The number of esters is 1. The number of rotatable bonds is 20. The van der Waals surface area contributed by atoms with Gasteiger partial charge in [-0.1, -0.05) is 32.6 Å². The van der Waals surface area contributed by atoms with E-state index in [1.807, 2.05) is 19.9 Å². The summed E-state index contributed by atoms with van der Waals surface area (Å²) in [6.07, 6.45) is 6.95. The van der Waals surface area contributed by atoms with E-state index in [2.05, 4.69) is 43.1 Å². The SMILES string of the molecule is CC[C@@]1(O)C(=O)OCc2c1cc1n(c2=O)Cc2c-1nc1cc3c(cc1c2CCCNC(=O)CNC(=O)[C@@H](N)CCCCNC(=O)[C@@H](NC(=O)CCCC#Cc1cnc(S(C)(=O)=O)nc1)C(C)C)OCO3. The van der Waals surface area contributed by atoms with Crippen molar-refractivity contribution in [3.05, 3.63) is 68.8 Å². The Hall–Kier alpha value is -6.96. The van der Waals surface area contributed by atoms with Gasteiger partial charge in [0.1, 0.15) is 12.6 Å². The highest BCUT2D eigenvalue weighted by Crippen LogP contribution is 2.43. The molecule has 0 bridgehead atoms. The van der Waals surface area contributed by atoms with Gasteiger partial charge in [-0.05, 0) is 68.6 Å². The number of ether oxygens (including phenoxy) is 3. The zero-order valence-electron chi connectivity index (χ0n) is 39.4. The van der Waals surface area contributed by atoms with Crippen LogP contribution in [0.15, 0.2) is 40.5 Å². The average Bonchev–Trinajstić information content (AvgIpc) is 3.95. The Morgan fingerprint density at radius 2 is 1.66 bits per heavy atom. The van der Waals surface area contributed by atoms with Crippen LogP contribution in [0.5, 0.6) is 11.5 Å². The lowest BCUT2D eigenvalue weighted by Gasteiger charge is -2.31. The number of nitrogens with one attached hydrogen (secondary N) is 4. The molecule has 0 radical (unpaired) electrons. The first kappa shape index (κ1) is 50.9. The quantitative estimate of drug-likeness (QED) is 0.0276. The van der Waals surface area contributed by atoms with Crippen LogP contribution in [0.3, 0.4) is 0 Å². The number of hydrogen-bond donors (Lipinski definition) is 6. The Kier molecular flexibility index (Phi) is 15.8. The van der Waals surface area contributed by atoms with Crippen molar-refractivity contribution in [3.8, 4) is 34.7 Å². The Balaban J connectivity index is 0.829. The van der Waals surface area contributed by atoms with Crippen LogP contribution >= 0.6 is 0 Å². The number of carbonyl (C=O) groups is 5. The molecule has 3 aliphatic heterocycles. The summed E-state index contributed by atoms with van der Waals surface area (Å²) in [5.74, 6) is 4.30. The van der Waals surface area contributed by atoms with Crippen molar-refractivity contribution in [1.29, 1.82) is 0 Å². The van der Waals surface area contributed by atoms with E-state index >= 15 is 0 Å². The maximum Gasteiger partial charge on any atom is 0.343 e. The minimum atomic E-state index is -3.51. The number of carbonyl (C=O) groups excluding carboxylic acids is 5. The lowest BCUT2D eigenvalue weighted by molar-refractivity contribution is -0.172. The molecule has 0 fully saturated rings. The molecule has 0 spiro atoms. The van der Waals surface area contributed by atoms with Gasteiger partial charge in [-0.2, -0.15) is 0 Å². The number of pyridine rings is 2. The molecule has 6 heterocycles. The lowest BCUT2D eigenvalue weighted by atomic mass is 9.86. The van der Waals surface area contributed by atoms with Crippen molar-refractivity contribution in [2.45, 2.75) is 115 Å². The zero-order chi connectivity index (χ0) is 50.3. The van der Waals surface area contributed by atoms with Gasteiger partial charge in [0.15, 0.2) is 17.1 Å². The summed E-state index contributed by atoms with van der Waals surface area (Å²) in [5, 5.41) is 22.9. The topological polar surface area (TPSA) is 302 Å². The lowest BCUT2D eigenvalue weighted by Crippen LogP contribution is -2.49. The van der Waals surface area contributed by atoms with Crippen LogP contribution in [0, 0.1) is 17.8 Å². The van der Waals surface area contributed by atoms with Gasteiger partial charge < -0.3 is 50.9 Å². The smallest absolute Gasteiger partial charge is 0.343 e. The fourth-order valence-corrected chi connectivity index (χ4v) is 8.98. The Morgan fingerprint density at radius 1 is 0.929 bits per heavy atom. The van der Waals surface area contributed by atoms with Gasteiger partial charge in [0, 0.05) is 67.2 Å². The second-order valence-corrected chi connectivity index (χ2v) is 19.7. The van der Waals surface area contributed by atoms with Crippen molar-refractivity contribution >= 4 is 50.3 Å². The number of cyclic esters (lactones) is 1. The Morgan fingerprint density at radius 3 is 2.37 bits per heavy atom. The van der Waals surface area contributed by atoms with E-state index in [1.165, 1.54) is 12.4 Å². The standard InChI is InChI=1S/C48H57N9O12S/c1-5-48(64)33-19-36-42-31(24-57(36)45(62)32(33)25-67-46(48)63)29(30-18-37-38(69-26-68-37)20-35(30)55-42)13-11-17-50-40(59)23-52-43(60)34(49)14-9-10-16-51-44(61)41(27(2)3)56-39(58)15-8-6-7-12-28-21-53-47(54-22-28)70(4,65)66/h18-22,27,34,41,64H,5-6,8-11,13-17,23-26,49H2,1-4H3,(H,50,59)(H,51,61)(H,52,60)(H,56,58)/t34-,41-,48-/m0/s1. The summed E-state index contributed by atoms with van der Waals surface area (Å²) in [6, 6.07) is 3.66. The second kappa shape index (κ2) is 21.8. The molecule has 4 aromatic rings. The number of hydrogen-bond acceptors (Lipinski definition) is 16. The van der Waals surface area contributed by atoms with Gasteiger partial charge in [0.25, 0.3) is 5.56 Å². The number of sulfone groups is 1. The monoisotopic (exact) mass is 983 g/mol. The number of nitrogens with zero attached hydrogens (tertiary/aromatic N) is 4. The minimum Gasteiger partial charge on any atom is -0.458 e. The van der Waals surface area contributed by atoms with E-state index in [1.54, 1.807) is 23.6 Å². The summed E-state index contributed by atoms with van der Waals surface area (Å²) in [7, 11) is -3.51. The van der Waals surface area contributed by atoms with Gasteiger partial charge in [-0.3, -0.25) is 24.0 Å². The van der Waals surface area contributed by atoms with E-state index in [0.717, 1.165) is 22.8 Å². The fraction of sp³-hybridized carbons (Fsp3) is 0.479. The molecule has 372 valence electrons. The highest BCUT2D eigenvalue weighted by molar-refractivity contribution is 7.90. The van der Waals surface area contributed by atoms with Crippen molar-refractivity contribution in [1.82, 2.24) is 40.8 Å². The molecule has 3 aliphatic rings.